The fourth-order valence-electron chi connectivity index (χ4n) is 2.75. The van der Waals surface area contributed by atoms with Gasteiger partial charge in [0.15, 0.2) is 0 Å². The second-order valence-corrected chi connectivity index (χ2v) is 5.36. The SMILES string of the molecule is CN1CCC(N(CCO)Cc2cccc(F)c2)CC1. The third kappa shape index (κ3) is 4.27. The van der Waals surface area contributed by atoms with Crippen LogP contribution < -0.4 is 0 Å². The van der Waals surface area contributed by atoms with E-state index in [9.17, 15) is 9.50 Å². The van der Waals surface area contributed by atoms with Crippen LogP contribution in [0.5, 0.6) is 0 Å². The zero-order valence-electron chi connectivity index (χ0n) is 11.6. The highest BCUT2D eigenvalue weighted by Crippen LogP contribution is 2.18. The lowest BCUT2D eigenvalue weighted by molar-refractivity contribution is 0.0940. The zero-order valence-corrected chi connectivity index (χ0v) is 11.6. The second kappa shape index (κ2) is 6.98. The van der Waals surface area contributed by atoms with Crippen molar-refractivity contribution < 1.29 is 9.50 Å². The van der Waals surface area contributed by atoms with E-state index in [2.05, 4.69) is 16.8 Å². The Bertz CT molecular complexity index is 391. The first-order valence-electron chi connectivity index (χ1n) is 6.97. The normalized spacial score (nSPS) is 18.1. The maximum Gasteiger partial charge on any atom is 0.123 e. The van der Waals surface area contributed by atoms with Crippen LogP contribution in [-0.2, 0) is 6.54 Å². The van der Waals surface area contributed by atoms with Gasteiger partial charge >= 0.3 is 0 Å². The molecule has 0 aromatic heterocycles. The summed E-state index contributed by atoms with van der Waals surface area (Å²) in [5, 5.41) is 9.23. The molecule has 4 heteroatoms. The summed E-state index contributed by atoms with van der Waals surface area (Å²) in [5.74, 6) is -0.190. The molecule has 0 radical (unpaired) electrons. The molecule has 0 unspecified atom stereocenters. The molecule has 1 aromatic carbocycles. The molecule has 19 heavy (non-hydrogen) atoms. The molecule has 1 N–H and O–H groups in total. The first-order valence-corrected chi connectivity index (χ1v) is 6.97. The van der Waals surface area contributed by atoms with Gasteiger partial charge in [-0.3, -0.25) is 4.90 Å². The summed E-state index contributed by atoms with van der Waals surface area (Å²) in [5.41, 5.74) is 0.979. The van der Waals surface area contributed by atoms with E-state index in [-0.39, 0.29) is 12.4 Å². The van der Waals surface area contributed by atoms with Gasteiger partial charge in [0.25, 0.3) is 0 Å². The molecule has 106 valence electrons. The molecular weight excluding hydrogens is 243 g/mol. The van der Waals surface area contributed by atoms with E-state index in [0.29, 0.717) is 19.1 Å². The number of hydrogen-bond donors (Lipinski definition) is 1. The fraction of sp³-hybridized carbons (Fsp3) is 0.600. The number of benzene rings is 1. The Morgan fingerprint density at radius 2 is 2.11 bits per heavy atom. The van der Waals surface area contributed by atoms with E-state index in [1.807, 2.05) is 6.07 Å². The van der Waals surface area contributed by atoms with Crippen molar-refractivity contribution in [2.24, 2.45) is 0 Å². The highest BCUT2D eigenvalue weighted by molar-refractivity contribution is 5.16. The van der Waals surface area contributed by atoms with Crippen molar-refractivity contribution in [3.05, 3.63) is 35.6 Å². The van der Waals surface area contributed by atoms with Crippen LogP contribution in [0.2, 0.25) is 0 Å². The van der Waals surface area contributed by atoms with Crippen molar-refractivity contribution in [3.8, 4) is 0 Å². The first-order chi connectivity index (χ1) is 9.19. The van der Waals surface area contributed by atoms with Crippen molar-refractivity contribution >= 4 is 0 Å². The second-order valence-electron chi connectivity index (χ2n) is 5.36. The highest BCUT2D eigenvalue weighted by atomic mass is 19.1. The Labute approximate surface area is 114 Å². The zero-order chi connectivity index (χ0) is 13.7. The quantitative estimate of drug-likeness (QED) is 0.879. The van der Waals surface area contributed by atoms with E-state index in [0.717, 1.165) is 31.5 Å². The predicted octanol–water partition coefficient (Wildman–Crippen LogP) is 1.71. The van der Waals surface area contributed by atoms with Gasteiger partial charge in [-0.2, -0.15) is 0 Å². The van der Waals surface area contributed by atoms with Crippen molar-refractivity contribution in [2.45, 2.75) is 25.4 Å². The van der Waals surface area contributed by atoms with E-state index in [1.165, 1.54) is 6.07 Å². The van der Waals surface area contributed by atoms with Crippen molar-refractivity contribution in [1.29, 1.82) is 0 Å². The molecule has 1 heterocycles. The van der Waals surface area contributed by atoms with Crippen LogP contribution in [-0.4, -0.2) is 54.2 Å². The number of nitrogens with zero attached hydrogens (tertiary/aromatic N) is 2. The van der Waals surface area contributed by atoms with E-state index < -0.39 is 0 Å². The van der Waals surface area contributed by atoms with Crippen LogP contribution >= 0.6 is 0 Å². The van der Waals surface area contributed by atoms with Gasteiger partial charge in [0.1, 0.15) is 5.82 Å². The standard InChI is InChI=1S/C15H23FN2O/c1-17-7-5-15(6-8-17)18(9-10-19)12-13-3-2-4-14(16)11-13/h2-4,11,15,19H,5-10,12H2,1H3. The van der Waals surface area contributed by atoms with Crippen LogP contribution in [0.3, 0.4) is 0 Å². The number of aliphatic hydroxyl groups excluding tert-OH is 1. The van der Waals surface area contributed by atoms with Crippen LogP contribution in [0, 0.1) is 5.82 Å². The molecular formula is C15H23FN2O. The van der Waals surface area contributed by atoms with Crippen molar-refractivity contribution in [3.63, 3.8) is 0 Å². The van der Waals surface area contributed by atoms with Crippen LogP contribution in [0.1, 0.15) is 18.4 Å². The molecule has 1 aliphatic heterocycles. The Hall–Kier alpha value is -0.970. The lowest BCUT2D eigenvalue weighted by Gasteiger charge is -2.37. The summed E-state index contributed by atoms with van der Waals surface area (Å²) in [4.78, 5) is 4.61. The van der Waals surface area contributed by atoms with Gasteiger partial charge in [0.2, 0.25) is 0 Å². The smallest absolute Gasteiger partial charge is 0.123 e. The summed E-state index contributed by atoms with van der Waals surface area (Å²) in [6.45, 7) is 3.71. The summed E-state index contributed by atoms with van der Waals surface area (Å²) in [6, 6.07) is 7.24. The monoisotopic (exact) mass is 266 g/mol. The van der Waals surface area contributed by atoms with Gasteiger partial charge in [-0.25, -0.2) is 4.39 Å². The van der Waals surface area contributed by atoms with E-state index in [1.54, 1.807) is 12.1 Å². The Morgan fingerprint density at radius 3 is 2.74 bits per heavy atom. The Morgan fingerprint density at radius 1 is 1.37 bits per heavy atom. The molecule has 0 atom stereocenters. The van der Waals surface area contributed by atoms with Gasteiger partial charge in [-0.1, -0.05) is 12.1 Å². The minimum Gasteiger partial charge on any atom is -0.395 e. The topological polar surface area (TPSA) is 26.7 Å². The molecule has 0 bridgehead atoms. The fourth-order valence-corrected chi connectivity index (χ4v) is 2.75. The molecule has 0 amide bonds. The van der Waals surface area contributed by atoms with Gasteiger partial charge in [0, 0.05) is 19.1 Å². The third-order valence-electron chi connectivity index (χ3n) is 3.87. The summed E-state index contributed by atoms with van der Waals surface area (Å²) in [7, 11) is 2.14. The number of piperidine rings is 1. The molecule has 1 fully saturated rings. The van der Waals surface area contributed by atoms with Gasteiger partial charge in [0.05, 0.1) is 6.61 Å². The van der Waals surface area contributed by atoms with E-state index in [4.69, 9.17) is 0 Å². The van der Waals surface area contributed by atoms with Crippen molar-refractivity contribution in [2.75, 3.05) is 33.3 Å². The Balaban J connectivity index is 1.99. The predicted molar refractivity (Wildman–Crippen MR) is 74.4 cm³/mol. The molecule has 0 spiro atoms. The van der Waals surface area contributed by atoms with Gasteiger partial charge in [-0.05, 0) is 50.7 Å². The third-order valence-corrected chi connectivity index (χ3v) is 3.87. The minimum atomic E-state index is -0.190. The number of hydrogen-bond acceptors (Lipinski definition) is 3. The van der Waals surface area contributed by atoms with Crippen LogP contribution in [0.25, 0.3) is 0 Å². The van der Waals surface area contributed by atoms with Crippen LogP contribution in [0.4, 0.5) is 4.39 Å². The molecule has 3 nitrogen and oxygen atoms in total. The Kier molecular flexibility index (Phi) is 5.31. The number of halogens is 1. The van der Waals surface area contributed by atoms with E-state index >= 15 is 0 Å². The number of rotatable bonds is 5. The lowest BCUT2D eigenvalue weighted by atomic mass is 10.0. The lowest BCUT2D eigenvalue weighted by Crippen LogP contribution is -2.44. The van der Waals surface area contributed by atoms with Crippen molar-refractivity contribution in [1.82, 2.24) is 9.80 Å². The minimum absolute atomic E-state index is 0.154. The van der Waals surface area contributed by atoms with Gasteiger partial charge in [-0.15, -0.1) is 0 Å². The number of aliphatic hydroxyl groups is 1. The molecule has 1 aromatic rings. The maximum atomic E-state index is 13.2. The molecule has 1 aliphatic rings. The molecule has 1 saturated heterocycles. The average molecular weight is 266 g/mol. The summed E-state index contributed by atoms with van der Waals surface area (Å²) in [6.07, 6.45) is 2.23. The van der Waals surface area contributed by atoms with Crippen LogP contribution in [0.15, 0.2) is 24.3 Å². The summed E-state index contributed by atoms with van der Waals surface area (Å²) < 4.78 is 13.2. The number of likely N-dealkylation sites (tertiary alicyclic amines) is 1. The molecule has 0 aliphatic carbocycles. The maximum absolute atomic E-state index is 13.2. The molecule has 0 saturated carbocycles. The summed E-state index contributed by atoms with van der Waals surface area (Å²) >= 11 is 0. The first kappa shape index (κ1) is 14.4. The molecule has 2 rings (SSSR count). The van der Waals surface area contributed by atoms with Gasteiger partial charge < -0.3 is 10.0 Å². The highest BCUT2D eigenvalue weighted by Gasteiger charge is 2.22. The largest absolute Gasteiger partial charge is 0.395 e. The average Bonchev–Trinajstić information content (AvgIpc) is 2.39.